The molecule has 0 aliphatic carbocycles. The predicted molar refractivity (Wildman–Crippen MR) is 227 cm³/mol. The van der Waals surface area contributed by atoms with Crippen molar-refractivity contribution in [1.82, 2.24) is 29.9 Å². The molecule has 0 aliphatic heterocycles. The maximum Gasteiger partial charge on any atom is 0.297 e. The van der Waals surface area contributed by atoms with E-state index in [2.05, 4.69) is 56.1 Å². The maximum atomic E-state index is 12.7. The number of aromatic hydroxyl groups is 1. The van der Waals surface area contributed by atoms with Gasteiger partial charge in [0, 0.05) is 28.4 Å². The Morgan fingerprint density at radius 2 is 1.28 bits per heavy atom. The summed E-state index contributed by atoms with van der Waals surface area (Å²) in [6.07, 6.45) is 0. The largest absolute Gasteiger partial charge is 0.505 e. The van der Waals surface area contributed by atoms with Gasteiger partial charge in [-0.05, 0) is 76.6 Å². The Hall–Kier alpha value is -6.54. The lowest BCUT2D eigenvalue weighted by atomic mass is 10.1. The number of phenols is 1. The van der Waals surface area contributed by atoms with Gasteiger partial charge in [0.1, 0.15) is 26.1 Å². The zero-order valence-electron chi connectivity index (χ0n) is 31.2. The summed E-state index contributed by atoms with van der Waals surface area (Å²) in [5.74, 6) is -1.79. The molecule has 2 aromatic heterocycles. The van der Waals surface area contributed by atoms with Crippen LogP contribution < -0.4 is 21.7 Å². The molecule has 0 unspecified atom stereocenters. The Morgan fingerprint density at radius 1 is 0.625 bits per heavy atom. The van der Waals surface area contributed by atoms with Crippen LogP contribution in [-0.2, 0) is 47.0 Å². The number of halogens is 2. The molecule has 10 N–H and O–H groups in total. The van der Waals surface area contributed by atoms with Gasteiger partial charge in [0.15, 0.2) is 5.75 Å². The van der Waals surface area contributed by atoms with Crippen LogP contribution in [0.25, 0.3) is 21.5 Å². The Balaban J connectivity index is 1.31. The van der Waals surface area contributed by atoms with Crippen LogP contribution in [0.15, 0.2) is 103 Å². The van der Waals surface area contributed by atoms with Crippen LogP contribution in [-0.4, -0.2) is 86.9 Å². The van der Waals surface area contributed by atoms with Crippen LogP contribution in [0.4, 0.5) is 46.5 Å². The minimum absolute atomic E-state index is 0.104. The average Bonchev–Trinajstić information content (AvgIpc) is 3.17. The van der Waals surface area contributed by atoms with Gasteiger partial charge in [-0.2, -0.15) is 63.6 Å². The van der Waals surface area contributed by atoms with E-state index in [0.29, 0.717) is 17.3 Å². The van der Waals surface area contributed by atoms with Crippen LogP contribution in [0.1, 0.15) is 5.56 Å². The zero-order chi connectivity index (χ0) is 46.5. The van der Waals surface area contributed by atoms with E-state index < -0.39 is 110 Å². The highest BCUT2D eigenvalue weighted by Crippen LogP contribution is 2.46. The van der Waals surface area contributed by atoms with E-state index in [1.165, 1.54) is 0 Å². The molecule has 31 heteroatoms. The Bertz CT molecular complexity index is 3570. The van der Waals surface area contributed by atoms with Gasteiger partial charge < -0.3 is 26.8 Å². The van der Waals surface area contributed by atoms with E-state index in [1.54, 1.807) is 24.3 Å². The van der Waals surface area contributed by atoms with E-state index in [4.69, 9.17) is 28.9 Å². The van der Waals surface area contributed by atoms with Gasteiger partial charge >= 0.3 is 0 Å². The molecule has 0 radical (unpaired) electrons. The molecular weight excluding hydrogens is 972 g/mol. The standard InChI is InChI=1S/C33H24Cl2N12O13S4/c34-28-40-30(36)44-31(41-28)37-13-14-3-1-4-16(9-14)38-32-42-29(35)43-33(45-32)39-21-12-17(61(49,50)51)10-15-11-23(63(55,56)57)25(26(48)24(15)21)47-46-20-8-7-18-19(27(20)64(58,59)60)5-2-6-22(18)62(52,53)54/h1-12,48H,13H2,(H,49,50,51)(H,52,53,54)(H,55,56,57)(H,58,59,60)(H3,36,37,40,41,44)(H2,38,39,42,43,45). The molecule has 0 amide bonds. The first-order chi connectivity index (χ1) is 29.8. The van der Waals surface area contributed by atoms with E-state index in [9.17, 15) is 57.0 Å². The summed E-state index contributed by atoms with van der Waals surface area (Å²) in [4.78, 5) is 19.9. The van der Waals surface area contributed by atoms with Gasteiger partial charge in [0.2, 0.25) is 34.4 Å². The minimum atomic E-state index is -5.42. The summed E-state index contributed by atoms with van der Waals surface area (Å²) in [5, 5.41) is 25.1. The number of nitrogens with two attached hydrogens (primary N) is 1. The van der Waals surface area contributed by atoms with E-state index in [-0.39, 0.29) is 35.1 Å². The van der Waals surface area contributed by atoms with Crippen LogP contribution in [0.2, 0.25) is 10.6 Å². The number of benzene rings is 5. The van der Waals surface area contributed by atoms with E-state index in [0.717, 1.165) is 42.5 Å². The van der Waals surface area contributed by atoms with Crippen LogP contribution in [0.5, 0.6) is 5.75 Å². The topological polar surface area (TPSA) is 402 Å². The second-order valence-electron chi connectivity index (χ2n) is 12.8. The highest BCUT2D eigenvalue weighted by Gasteiger charge is 2.28. The SMILES string of the molecule is Nc1nc(Cl)nc(NCc2cccc(Nc3nc(Cl)nc(Nc4cc(S(=O)(=O)O)cc5cc(S(=O)(=O)O)c(N=Nc6ccc7c(S(=O)(=O)O)cccc7c6S(=O)(=O)O)c(O)c45)n3)c2)n1. The van der Waals surface area contributed by atoms with Crippen molar-refractivity contribution in [2.75, 3.05) is 21.7 Å². The first-order valence-corrected chi connectivity index (χ1v) is 23.5. The highest BCUT2D eigenvalue weighted by atomic mass is 35.5. The number of hydrogen-bond acceptors (Lipinski definition) is 21. The first kappa shape index (κ1) is 45.5. The number of hydrogen-bond donors (Lipinski definition) is 9. The number of fused-ring (bicyclic) bond motifs is 2. The smallest absolute Gasteiger partial charge is 0.297 e. The van der Waals surface area contributed by atoms with Crippen molar-refractivity contribution in [2.45, 2.75) is 26.1 Å². The number of aromatic nitrogens is 6. The molecule has 0 bridgehead atoms. The van der Waals surface area contributed by atoms with Crippen molar-refractivity contribution in [3.63, 3.8) is 0 Å². The van der Waals surface area contributed by atoms with Crippen molar-refractivity contribution in [2.24, 2.45) is 10.2 Å². The predicted octanol–water partition coefficient (Wildman–Crippen LogP) is 5.46. The van der Waals surface area contributed by atoms with E-state index >= 15 is 0 Å². The van der Waals surface area contributed by atoms with Crippen molar-refractivity contribution in [1.29, 1.82) is 0 Å². The van der Waals surface area contributed by atoms with Crippen molar-refractivity contribution >= 4 is 132 Å². The summed E-state index contributed by atoms with van der Waals surface area (Å²) in [7, 11) is -20.8. The normalized spacial score (nSPS) is 12.5. The van der Waals surface area contributed by atoms with Crippen LogP contribution in [0.3, 0.4) is 0 Å². The number of nitrogens with zero attached hydrogens (tertiary/aromatic N) is 8. The molecule has 5 aromatic carbocycles. The van der Waals surface area contributed by atoms with Crippen molar-refractivity contribution in [3.05, 3.63) is 88.9 Å². The summed E-state index contributed by atoms with van der Waals surface area (Å²) in [6, 6.07) is 13.7. The first-order valence-electron chi connectivity index (χ1n) is 17.0. The fourth-order valence-electron chi connectivity index (χ4n) is 6.07. The molecule has 0 spiro atoms. The third kappa shape index (κ3) is 9.97. The third-order valence-corrected chi connectivity index (χ3v) is 12.5. The number of phenolic OH excluding ortho intramolecular Hbond substituents is 1. The monoisotopic (exact) mass is 994 g/mol. The Labute approximate surface area is 369 Å². The molecule has 0 atom stereocenters. The summed E-state index contributed by atoms with van der Waals surface area (Å²) in [6.45, 7) is 0.184. The Morgan fingerprint density at radius 3 is 1.94 bits per heavy atom. The summed E-state index contributed by atoms with van der Waals surface area (Å²) < 4.78 is 140. The van der Waals surface area contributed by atoms with Crippen LogP contribution >= 0.6 is 23.2 Å². The number of rotatable bonds is 13. The van der Waals surface area contributed by atoms with Gasteiger partial charge in [-0.1, -0.05) is 30.3 Å². The van der Waals surface area contributed by atoms with Crippen molar-refractivity contribution < 1.29 is 57.0 Å². The molecule has 64 heavy (non-hydrogen) atoms. The third-order valence-electron chi connectivity index (χ3n) is 8.56. The molecule has 25 nitrogen and oxygen atoms in total. The van der Waals surface area contributed by atoms with E-state index in [1.807, 2.05) is 0 Å². The van der Waals surface area contributed by atoms with Gasteiger partial charge in [0.05, 0.1) is 10.6 Å². The number of anilines is 6. The quantitative estimate of drug-likeness (QED) is 0.0511. The fraction of sp³-hybridized carbons (Fsp3) is 0.0303. The Kier molecular flexibility index (Phi) is 12.0. The number of nitrogens with one attached hydrogen (secondary N) is 3. The molecule has 0 saturated heterocycles. The molecule has 0 fully saturated rings. The molecule has 7 rings (SSSR count). The number of azo groups is 1. The molecule has 0 aliphatic rings. The average molecular weight is 996 g/mol. The summed E-state index contributed by atoms with van der Waals surface area (Å²) >= 11 is 12.1. The lowest BCUT2D eigenvalue weighted by Gasteiger charge is -2.15. The molecule has 7 aromatic rings. The molecule has 0 saturated carbocycles. The van der Waals surface area contributed by atoms with Crippen molar-refractivity contribution in [3.8, 4) is 5.75 Å². The second-order valence-corrected chi connectivity index (χ2v) is 19.1. The minimum Gasteiger partial charge on any atom is -0.505 e. The lowest BCUT2D eigenvalue weighted by molar-refractivity contribution is 0.472. The molecule has 332 valence electrons. The maximum absolute atomic E-state index is 12.7. The second kappa shape index (κ2) is 16.9. The van der Waals surface area contributed by atoms with Gasteiger partial charge in [-0.25, -0.2) is 0 Å². The lowest BCUT2D eigenvalue weighted by Crippen LogP contribution is -2.08. The summed E-state index contributed by atoms with van der Waals surface area (Å²) in [5.41, 5.74) is 4.39. The fourth-order valence-corrected chi connectivity index (χ4v) is 9.13. The molecule has 2 heterocycles. The van der Waals surface area contributed by atoms with Gasteiger partial charge in [0.25, 0.3) is 40.5 Å². The highest BCUT2D eigenvalue weighted by molar-refractivity contribution is 7.87. The van der Waals surface area contributed by atoms with Gasteiger partial charge in [-0.3, -0.25) is 18.2 Å². The van der Waals surface area contributed by atoms with Crippen LogP contribution in [0, 0.1) is 0 Å². The number of nitrogen functional groups attached to an aromatic ring is 1. The molecular formula is C33H24Cl2N12O13S4. The zero-order valence-corrected chi connectivity index (χ0v) is 36.0. The van der Waals surface area contributed by atoms with Gasteiger partial charge in [-0.15, -0.1) is 10.2 Å².